The van der Waals surface area contributed by atoms with E-state index in [9.17, 15) is 4.79 Å². The first-order valence-corrected chi connectivity index (χ1v) is 10.8. The van der Waals surface area contributed by atoms with E-state index < -0.39 is 14.4 Å². The first kappa shape index (κ1) is 18.9. The van der Waals surface area contributed by atoms with Crippen molar-refractivity contribution in [1.82, 2.24) is 0 Å². The van der Waals surface area contributed by atoms with E-state index in [2.05, 4.69) is 33.9 Å². The molecule has 0 aliphatic rings. The predicted molar refractivity (Wildman–Crippen MR) is 93.1 cm³/mol. The fourth-order valence-electron chi connectivity index (χ4n) is 1.76. The lowest BCUT2D eigenvalue weighted by Crippen LogP contribution is -2.48. The second-order valence-corrected chi connectivity index (χ2v) is 12.4. The molecule has 1 rings (SSSR count). The smallest absolute Gasteiger partial charge is 0.334 e. The van der Waals surface area contributed by atoms with E-state index in [0.29, 0.717) is 6.61 Å². The summed E-state index contributed by atoms with van der Waals surface area (Å²) in [6.07, 6.45) is -0.496. The van der Waals surface area contributed by atoms with Crippen LogP contribution >= 0.6 is 0 Å². The Kier molecular flexibility index (Phi) is 6.38. The molecule has 1 aromatic rings. The molecule has 3 nitrogen and oxygen atoms in total. The monoisotopic (exact) mass is 322 g/mol. The lowest BCUT2D eigenvalue weighted by atomic mass is 10.1. The largest absolute Gasteiger partial charge is 0.459 e. The van der Waals surface area contributed by atoms with E-state index in [1.165, 1.54) is 0 Å². The standard InChI is InChI=1S/C18H30O3Si/c1-14(2)16(21-22(6,7)18(3,4)5)17(19)20-13-15-11-9-8-10-12-15/h8-12,14,16H,13H2,1-7H3. The van der Waals surface area contributed by atoms with Gasteiger partial charge in [-0.1, -0.05) is 65.0 Å². The van der Waals surface area contributed by atoms with Crippen LogP contribution in [0.15, 0.2) is 30.3 Å². The van der Waals surface area contributed by atoms with Crippen molar-refractivity contribution in [1.29, 1.82) is 0 Å². The van der Waals surface area contributed by atoms with Crippen LogP contribution < -0.4 is 0 Å². The maximum Gasteiger partial charge on any atom is 0.334 e. The Hall–Kier alpha value is -1.13. The van der Waals surface area contributed by atoms with Crippen LogP contribution in [0.3, 0.4) is 0 Å². The van der Waals surface area contributed by atoms with Crippen LogP contribution in [0.5, 0.6) is 0 Å². The highest BCUT2D eigenvalue weighted by atomic mass is 28.4. The zero-order valence-electron chi connectivity index (χ0n) is 15.0. The molecule has 1 aromatic carbocycles. The summed E-state index contributed by atoms with van der Waals surface area (Å²) in [5.74, 6) is -0.166. The maximum atomic E-state index is 12.4. The predicted octanol–water partition coefficient (Wildman–Crippen LogP) is 4.78. The normalized spacial score (nSPS) is 14.0. The molecular weight excluding hydrogens is 292 g/mol. The third-order valence-electron chi connectivity index (χ3n) is 4.29. The topological polar surface area (TPSA) is 35.5 Å². The molecule has 4 heteroatoms. The molecule has 0 aromatic heterocycles. The zero-order chi connectivity index (χ0) is 17.0. The molecule has 0 fully saturated rings. The summed E-state index contributed by atoms with van der Waals surface area (Å²) < 4.78 is 11.7. The zero-order valence-corrected chi connectivity index (χ0v) is 16.0. The molecular formula is C18H30O3Si. The van der Waals surface area contributed by atoms with E-state index in [-0.39, 0.29) is 16.9 Å². The van der Waals surface area contributed by atoms with Gasteiger partial charge in [0.05, 0.1) is 0 Å². The van der Waals surface area contributed by atoms with Gasteiger partial charge in [0.2, 0.25) is 0 Å². The molecule has 0 heterocycles. The average molecular weight is 323 g/mol. The van der Waals surface area contributed by atoms with E-state index in [1.54, 1.807) is 0 Å². The highest BCUT2D eigenvalue weighted by molar-refractivity contribution is 6.74. The minimum Gasteiger partial charge on any atom is -0.459 e. The van der Waals surface area contributed by atoms with Gasteiger partial charge in [-0.3, -0.25) is 0 Å². The summed E-state index contributed by atoms with van der Waals surface area (Å²) in [5, 5.41) is 0.0693. The first-order valence-electron chi connectivity index (χ1n) is 7.93. The van der Waals surface area contributed by atoms with E-state index in [1.807, 2.05) is 44.2 Å². The molecule has 0 aliphatic heterocycles. The molecule has 1 unspecified atom stereocenters. The highest BCUT2D eigenvalue weighted by Gasteiger charge is 2.41. The molecule has 0 radical (unpaired) electrons. The van der Waals surface area contributed by atoms with Gasteiger partial charge in [-0.05, 0) is 29.6 Å². The van der Waals surface area contributed by atoms with Crippen molar-refractivity contribution in [2.24, 2.45) is 5.92 Å². The van der Waals surface area contributed by atoms with Gasteiger partial charge in [0.1, 0.15) is 12.7 Å². The SMILES string of the molecule is CC(C)C(O[Si](C)(C)C(C)(C)C)C(=O)OCc1ccccc1. The summed E-state index contributed by atoms with van der Waals surface area (Å²) in [6.45, 7) is 15.1. The summed E-state index contributed by atoms with van der Waals surface area (Å²) in [7, 11) is -2.00. The van der Waals surface area contributed by atoms with Gasteiger partial charge in [-0.25, -0.2) is 4.79 Å². The number of benzene rings is 1. The molecule has 0 saturated heterocycles. The molecule has 0 aliphatic carbocycles. The summed E-state index contributed by atoms with van der Waals surface area (Å²) >= 11 is 0. The van der Waals surface area contributed by atoms with Gasteiger partial charge in [-0.15, -0.1) is 0 Å². The third kappa shape index (κ3) is 5.25. The van der Waals surface area contributed by atoms with Crippen molar-refractivity contribution in [2.75, 3.05) is 0 Å². The summed E-state index contributed by atoms with van der Waals surface area (Å²) in [4.78, 5) is 12.4. The van der Waals surface area contributed by atoms with Crippen LogP contribution in [-0.4, -0.2) is 20.4 Å². The number of carbonyl (C=O) groups is 1. The Bertz CT molecular complexity index is 475. The summed E-state index contributed by atoms with van der Waals surface area (Å²) in [6, 6.07) is 9.73. The molecule has 22 heavy (non-hydrogen) atoms. The Morgan fingerprint density at radius 3 is 2.14 bits per heavy atom. The van der Waals surface area contributed by atoms with Crippen molar-refractivity contribution in [3.8, 4) is 0 Å². The number of esters is 1. The molecule has 0 N–H and O–H groups in total. The van der Waals surface area contributed by atoms with Gasteiger partial charge in [0.15, 0.2) is 8.32 Å². The van der Waals surface area contributed by atoms with Crippen LogP contribution in [0, 0.1) is 5.92 Å². The van der Waals surface area contributed by atoms with Crippen molar-refractivity contribution >= 4 is 14.3 Å². The maximum absolute atomic E-state index is 12.4. The van der Waals surface area contributed by atoms with Crippen molar-refractivity contribution in [3.63, 3.8) is 0 Å². The quantitative estimate of drug-likeness (QED) is 0.558. The van der Waals surface area contributed by atoms with Crippen LogP contribution in [0.1, 0.15) is 40.2 Å². The third-order valence-corrected chi connectivity index (χ3v) is 8.75. The fraction of sp³-hybridized carbons (Fsp3) is 0.611. The number of rotatable bonds is 6. The molecule has 0 amide bonds. The minimum absolute atomic E-state index is 0.0693. The van der Waals surface area contributed by atoms with Crippen LogP contribution in [0.2, 0.25) is 18.1 Å². The van der Waals surface area contributed by atoms with Crippen LogP contribution in [0.4, 0.5) is 0 Å². The van der Waals surface area contributed by atoms with Crippen molar-refractivity contribution < 1.29 is 14.0 Å². The Balaban J connectivity index is 2.72. The number of hydrogen-bond donors (Lipinski definition) is 0. The number of carbonyl (C=O) groups excluding carboxylic acids is 1. The van der Waals surface area contributed by atoms with E-state index in [4.69, 9.17) is 9.16 Å². The minimum atomic E-state index is -2.00. The number of ether oxygens (including phenoxy) is 1. The van der Waals surface area contributed by atoms with Crippen LogP contribution in [0.25, 0.3) is 0 Å². The second-order valence-electron chi connectivity index (χ2n) is 7.64. The van der Waals surface area contributed by atoms with Crippen molar-refractivity contribution in [2.45, 2.75) is 65.5 Å². The Morgan fingerprint density at radius 1 is 1.14 bits per heavy atom. The van der Waals surface area contributed by atoms with Gasteiger partial charge >= 0.3 is 5.97 Å². The van der Waals surface area contributed by atoms with Gasteiger partial charge in [0.25, 0.3) is 0 Å². The molecule has 124 valence electrons. The van der Waals surface area contributed by atoms with E-state index >= 15 is 0 Å². The van der Waals surface area contributed by atoms with Gasteiger partial charge < -0.3 is 9.16 Å². The lowest BCUT2D eigenvalue weighted by molar-refractivity contribution is -0.156. The highest BCUT2D eigenvalue weighted by Crippen LogP contribution is 2.38. The molecule has 0 saturated carbocycles. The van der Waals surface area contributed by atoms with Crippen molar-refractivity contribution in [3.05, 3.63) is 35.9 Å². The van der Waals surface area contributed by atoms with E-state index in [0.717, 1.165) is 5.56 Å². The summed E-state index contributed by atoms with van der Waals surface area (Å²) in [5.41, 5.74) is 0.991. The van der Waals surface area contributed by atoms with Crippen LogP contribution in [-0.2, 0) is 20.6 Å². The van der Waals surface area contributed by atoms with Gasteiger partial charge in [-0.2, -0.15) is 0 Å². The average Bonchev–Trinajstić information content (AvgIpc) is 2.42. The van der Waals surface area contributed by atoms with Gasteiger partial charge in [0, 0.05) is 0 Å². The number of hydrogen-bond acceptors (Lipinski definition) is 3. The second kappa shape index (κ2) is 7.42. The first-order chi connectivity index (χ1) is 10.0. The molecule has 1 atom stereocenters. The Morgan fingerprint density at radius 2 is 1.68 bits per heavy atom. The Labute approximate surface area is 136 Å². The fourth-order valence-corrected chi connectivity index (χ4v) is 3.12. The molecule has 0 spiro atoms. The molecule has 0 bridgehead atoms. The lowest BCUT2D eigenvalue weighted by Gasteiger charge is -2.39.